The molecule has 0 unspecified atom stereocenters. The number of aliphatic carboxylic acids is 1. The number of carbonyl (C=O) groups is 1. The van der Waals surface area contributed by atoms with Gasteiger partial charge >= 0.3 is 5.97 Å². The summed E-state index contributed by atoms with van der Waals surface area (Å²) in [6, 6.07) is 0.781. The Morgan fingerprint density at radius 1 is 1.10 bits per heavy atom. The normalized spacial score (nSPS) is 24.1. The van der Waals surface area contributed by atoms with Crippen molar-refractivity contribution in [1.82, 2.24) is 9.80 Å². The van der Waals surface area contributed by atoms with Crippen LogP contribution in [-0.2, 0) is 4.79 Å². The Morgan fingerprint density at radius 2 is 1.75 bits per heavy atom. The van der Waals surface area contributed by atoms with Gasteiger partial charge in [0.05, 0.1) is 0 Å². The van der Waals surface area contributed by atoms with Crippen LogP contribution in [0.3, 0.4) is 0 Å². The summed E-state index contributed by atoms with van der Waals surface area (Å²) in [6.45, 7) is 8.40. The van der Waals surface area contributed by atoms with Gasteiger partial charge < -0.3 is 14.9 Å². The topological polar surface area (TPSA) is 43.8 Å². The molecule has 0 bridgehead atoms. The maximum atomic E-state index is 10.6. The number of rotatable bonds is 6. The molecule has 2 aliphatic heterocycles. The summed E-state index contributed by atoms with van der Waals surface area (Å²) < 4.78 is 0. The fraction of sp³-hybridized carbons (Fsp3) is 0.938. The molecule has 4 heteroatoms. The number of carboxylic acids is 1. The number of hydrogen-bond donors (Lipinski definition) is 1. The van der Waals surface area contributed by atoms with E-state index in [1.54, 1.807) is 0 Å². The quantitative estimate of drug-likeness (QED) is 0.812. The molecule has 0 radical (unpaired) electrons. The lowest BCUT2D eigenvalue weighted by Crippen LogP contribution is -2.47. The highest BCUT2D eigenvalue weighted by Crippen LogP contribution is 2.26. The maximum absolute atomic E-state index is 10.6. The number of nitrogens with zero attached hydrogens (tertiary/aromatic N) is 2. The molecular formula is C16H30N2O2. The Kier molecular flexibility index (Phi) is 6.30. The van der Waals surface area contributed by atoms with Crippen LogP contribution in [0.2, 0.25) is 0 Å². The molecule has 2 aliphatic rings. The van der Waals surface area contributed by atoms with E-state index < -0.39 is 5.97 Å². The van der Waals surface area contributed by atoms with Crippen molar-refractivity contribution in [3.63, 3.8) is 0 Å². The lowest BCUT2D eigenvalue weighted by molar-refractivity contribution is -0.137. The Labute approximate surface area is 123 Å². The zero-order valence-electron chi connectivity index (χ0n) is 12.9. The Bertz CT molecular complexity index is 293. The summed E-state index contributed by atoms with van der Waals surface area (Å²) in [5.74, 6) is -0.00161. The first-order chi connectivity index (χ1) is 9.69. The molecule has 4 nitrogen and oxygen atoms in total. The molecule has 0 atom stereocenters. The fourth-order valence-corrected chi connectivity index (χ4v) is 3.76. The van der Waals surface area contributed by atoms with E-state index in [0.717, 1.165) is 12.5 Å². The minimum absolute atomic E-state index is 0.347. The second kappa shape index (κ2) is 7.99. The fourth-order valence-electron chi connectivity index (χ4n) is 3.76. The molecule has 0 spiro atoms. The molecule has 2 saturated heterocycles. The summed E-state index contributed by atoms with van der Waals surface area (Å²) >= 11 is 0. The van der Waals surface area contributed by atoms with Crippen molar-refractivity contribution in [2.45, 2.75) is 57.9 Å². The van der Waals surface area contributed by atoms with E-state index >= 15 is 0 Å². The Hall–Kier alpha value is -0.610. The van der Waals surface area contributed by atoms with E-state index in [-0.39, 0.29) is 0 Å². The molecule has 0 aliphatic carbocycles. The van der Waals surface area contributed by atoms with Crippen molar-refractivity contribution in [2.24, 2.45) is 5.92 Å². The summed E-state index contributed by atoms with van der Waals surface area (Å²) in [6.07, 6.45) is 7.52. The molecule has 2 heterocycles. The van der Waals surface area contributed by atoms with Crippen molar-refractivity contribution in [3.05, 3.63) is 0 Å². The predicted octanol–water partition coefficient (Wildman–Crippen LogP) is 2.44. The third-order valence-corrected chi connectivity index (χ3v) is 5.03. The van der Waals surface area contributed by atoms with Crippen LogP contribution in [0.15, 0.2) is 0 Å². The standard InChI is InChI=1S/C16H30N2O2/c1-2-9-17-10-7-15(8-11-17)18-12-5-14(6-13-18)3-4-16(19)20/h14-15H,2-13H2,1H3,(H,19,20). The first-order valence-electron chi connectivity index (χ1n) is 8.37. The van der Waals surface area contributed by atoms with Crippen LogP contribution >= 0.6 is 0 Å². The molecule has 0 aromatic heterocycles. The summed E-state index contributed by atoms with van der Waals surface area (Å²) in [7, 11) is 0. The van der Waals surface area contributed by atoms with Gasteiger partial charge in [-0.05, 0) is 77.2 Å². The van der Waals surface area contributed by atoms with Crippen molar-refractivity contribution in [1.29, 1.82) is 0 Å². The highest BCUT2D eigenvalue weighted by atomic mass is 16.4. The highest BCUT2D eigenvalue weighted by Gasteiger charge is 2.27. The molecule has 0 saturated carbocycles. The SMILES string of the molecule is CCCN1CCC(N2CCC(CCC(=O)O)CC2)CC1. The Balaban J connectivity index is 1.65. The highest BCUT2D eigenvalue weighted by molar-refractivity contribution is 5.66. The van der Waals surface area contributed by atoms with Gasteiger partial charge in [0.2, 0.25) is 0 Å². The second-order valence-corrected chi connectivity index (χ2v) is 6.48. The van der Waals surface area contributed by atoms with Crippen LogP contribution in [0.4, 0.5) is 0 Å². The van der Waals surface area contributed by atoms with E-state index in [9.17, 15) is 4.79 Å². The number of likely N-dealkylation sites (tertiary alicyclic amines) is 2. The van der Waals surface area contributed by atoms with Gasteiger partial charge in [-0.25, -0.2) is 0 Å². The molecule has 116 valence electrons. The van der Waals surface area contributed by atoms with E-state index in [4.69, 9.17) is 5.11 Å². The average molecular weight is 282 g/mol. The lowest BCUT2D eigenvalue weighted by atomic mass is 9.90. The smallest absolute Gasteiger partial charge is 0.303 e. The summed E-state index contributed by atoms with van der Waals surface area (Å²) in [5.41, 5.74) is 0. The first kappa shape index (κ1) is 15.8. The van der Waals surface area contributed by atoms with Gasteiger partial charge in [0.15, 0.2) is 0 Å². The van der Waals surface area contributed by atoms with E-state index in [0.29, 0.717) is 12.3 Å². The monoisotopic (exact) mass is 282 g/mol. The largest absolute Gasteiger partial charge is 0.481 e. The van der Waals surface area contributed by atoms with Crippen molar-refractivity contribution in [2.75, 3.05) is 32.7 Å². The third kappa shape index (κ3) is 4.74. The summed E-state index contributed by atoms with van der Waals surface area (Å²) in [4.78, 5) is 15.9. The molecule has 1 N–H and O–H groups in total. The zero-order valence-corrected chi connectivity index (χ0v) is 12.9. The van der Waals surface area contributed by atoms with Gasteiger partial charge in [-0.15, -0.1) is 0 Å². The lowest BCUT2D eigenvalue weighted by Gasteiger charge is -2.41. The molecule has 20 heavy (non-hydrogen) atoms. The number of piperidine rings is 2. The minimum Gasteiger partial charge on any atom is -0.481 e. The minimum atomic E-state index is -0.643. The maximum Gasteiger partial charge on any atom is 0.303 e. The predicted molar refractivity (Wildman–Crippen MR) is 80.9 cm³/mol. The van der Waals surface area contributed by atoms with Crippen molar-refractivity contribution in [3.8, 4) is 0 Å². The van der Waals surface area contributed by atoms with E-state index in [1.807, 2.05) is 0 Å². The molecule has 2 fully saturated rings. The third-order valence-electron chi connectivity index (χ3n) is 5.03. The molecule has 0 aromatic carbocycles. The molecule has 0 amide bonds. The Morgan fingerprint density at radius 3 is 2.30 bits per heavy atom. The van der Waals surface area contributed by atoms with Gasteiger partial charge in [0.25, 0.3) is 0 Å². The van der Waals surface area contributed by atoms with Crippen LogP contribution in [-0.4, -0.2) is 59.6 Å². The van der Waals surface area contributed by atoms with Crippen LogP contribution in [0.25, 0.3) is 0 Å². The van der Waals surface area contributed by atoms with Gasteiger partial charge in [-0.2, -0.15) is 0 Å². The van der Waals surface area contributed by atoms with E-state index in [2.05, 4.69) is 16.7 Å². The number of hydrogen-bond acceptors (Lipinski definition) is 3. The van der Waals surface area contributed by atoms with Gasteiger partial charge in [0, 0.05) is 12.5 Å². The van der Waals surface area contributed by atoms with Crippen LogP contribution in [0, 0.1) is 5.92 Å². The van der Waals surface area contributed by atoms with Crippen LogP contribution in [0.1, 0.15) is 51.9 Å². The van der Waals surface area contributed by atoms with Gasteiger partial charge in [-0.1, -0.05) is 6.92 Å². The van der Waals surface area contributed by atoms with E-state index in [1.165, 1.54) is 64.8 Å². The van der Waals surface area contributed by atoms with Crippen LogP contribution < -0.4 is 0 Å². The van der Waals surface area contributed by atoms with Crippen molar-refractivity contribution < 1.29 is 9.90 Å². The summed E-state index contributed by atoms with van der Waals surface area (Å²) in [5, 5.41) is 8.75. The van der Waals surface area contributed by atoms with Crippen molar-refractivity contribution >= 4 is 5.97 Å². The molecular weight excluding hydrogens is 252 g/mol. The zero-order chi connectivity index (χ0) is 14.4. The van der Waals surface area contributed by atoms with Crippen LogP contribution in [0.5, 0.6) is 0 Å². The first-order valence-corrected chi connectivity index (χ1v) is 8.37. The van der Waals surface area contributed by atoms with Gasteiger partial charge in [-0.3, -0.25) is 4.79 Å². The molecule has 2 rings (SSSR count). The second-order valence-electron chi connectivity index (χ2n) is 6.48. The number of carboxylic acid groups (broad SMARTS) is 1. The average Bonchev–Trinajstić information content (AvgIpc) is 2.47. The van der Waals surface area contributed by atoms with Gasteiger partial charge in [0.1, 0.15) is 0 Å². The molecule has 0 aromatic rings.